The number of carbonyl (C=O) groups is 2. The van der Waals surface area contributed by atoms with Crippen LogP contribution < -0.4 is 4.90 Å². The van der Waals surface area contributed by atoms with Crippen LogP contribution in [0.15, 0.2) is 29.8 Å². The van der Waals surface area contributed by atoms with Gasteiger partial charge in [0, 0.05) is 32.1 Å². The van der Waals surface area contributed by atoms with Crippen molar-refractivity contribution in [2.24, 2.45) is 0 Å². The van der Waals surface area contributed by atoms with E-state index in [1.807, 2.05) is 31.2 Å². The van der Waals surface area contributed by atoms with Crippen LogP contribution in [0.2, 0.25) is 0 Å². The molecule has 3 rings (SSSR count). The maximum absolute atomic E-state index is 12.3. The summed E-state index contributed by atoms with van der Waals surface area (Å²) >= 11 is 0. The second-order valence-corrected chi connectivity index (χ2v) is 6.86. The fourth-order valence-corrected chi connectivity index (χ4v) is 3.25. The third kappa shape index (κ3) is 4.03. The molecule has 0 aliphatic carbocycles. The molecule has 25 heavy (non-hydrogen) atoms. The average molecular weight is 343 g/mol. The summed E-state index contributed by atoms with van der Waals surface area (Å²) in [5.74, 6) is -2.38. The zero-order valence-electron chi connectivity index (χ0n) is 14.9. The van der Waals surface area contributed by atoms with E-state index < -0.39 is 17.7 Å². The highest BCUT2D eigenvalue weighted by atomic mass is 16.7. The first kappa shape index (κ1) is 17.5. The second kappa shape index (κ2) is 7.30. The van der Waals surface area contributed by atoms with Crippen LogP contribution in [0.3, 0.4) is 0 Å². The van der Waals surface area contributed by atoms with E-state index in [4.69, 9.17) is 9.47 Å². The molecule has 5 nitrogen and oxygen atoms in total. The van der Waals surface area contributed by atoms with Crippen LogP contribution in [0.1, 0.15) is 51.5 Å². The minimum absolute atomic E-state index is 0.0529. The highest BCUT2D eigenvalue weighted by Crippen LogP contribution is 2.29. The number of rotatable bonds is 5. The van der Waals surface area contributed by atoms with E-state index in [-0.39, 0.29) is 5.57 Å². The van der Waals surface area contributed by atoms with Crippen molar-refractivity contribution in [3.05, 3.63) is 35.4 Å². The number of unbranched alkanes of at least 4 members (excludes halogenated alkanes) is 1. The van der Waals surface area contributed by atoms with Gasteiger partial charge in [0.15, 0.2) is 0 Å². The Balaban J connectivity index is 1.72. The maximum atomic E-state index is 12.3. The van der Waals surface area contributed by atoms with Crippen molar-refractivity contribution in [2.45, 2.75) is 51.7 Å². The largest absolute Gasteiger partial charge is 0.419 e. The zero-order valence-corrected chi connectivity index (χ0v) is 14.9. The Hall–Kier alpha value is -2.30. The SMILES string of the molecule is CCCCC1(C)OC(=O)C(=Cc2ccc(N3CCCC3)cc2)C(=O)O1. The van der Waals surface area contributed by atoms with Gasteiger partial charge in [-0.25, -0.2) is 9.59 Å². The minimum atomic E-state index is -1.15. The predicted octanol–water partition coefficient (Wildman–Crippen LogP) is 3.68. The predicted molar refractivity (Wildman–Crippen MR) is 96.0 cm³/mol. The average Bonchev–Trinajstić information content (AvgIpc) is 3.11. The first-order valence-electron chi connectivity index (χ1n) is 9.04. The van der Waals surface area contributed by atoms with Gasteiger partial charge in [0.25, 0.3) is 5.79 Å². The third-order valence-corrected chi connectivity index (χ3v) is 4.72. The zero-order chi connectivity index (χ0) is 17.9. The molecule has 0 saturated carbocycles. The van der Waals surface area contributed by atoms with E-state index in [0.29, 0.717) is 6.42 Å². The van der Waals surface area contributed by atoms with E-state index in [1.165, 1.54) is 24.6 Å². The topological polar surface area (TPSA) is 55.8 Å². The van der Waals surface area contributed by atoms with Crippen LogP contribution in [0.4, 0.5) is 5.69 Å². The summed E-state index contributed by atoms with van der Waals surface area (Å²) in [6, 6.07) is 7.85. The molecule has 0 radical (unpaired) electrons. The molecule has 0 N–H and O–H groups in total. The molecule has 2 fully saturated rings. The van der Waals surface area contributed by atoms with Gasteiger partial charge in [-0.1, -0.05) is 25.5 Å². The van der Waals surface area contributed by atoms with E-state index in [1.54, 1.807) is 6.92 Å². The lowest BCUT2D eigenvalue weighted by molar-refractivity contribution is -0.230. The number of nitrogens with zero attached hydrogens (tertiary/aromatic N) is 1. The lowest BCUT2D eigenvalue weighted by Gasteiger charge is -2.33. The lowest BCUT2D eigenvalue weighted by Crippen LogP contribution is -2.44. The molecule has 2 aliphatic rings. The molecule has 1 aromatic carbocycles. The first-order valence-corrected chi connectivity index (χ1v) is 9.04. The van der Waals surface area contributed by atoms with Crippen molar-refractivity contribution < 1.29 is 19.1 Å². The Morgan fingerprint density at radius 3 is 2.24 bits per heavy atom. The summed E-state index contributed by atoms with van der Waals surface area (Å²) in [5, 5.41) is 0. The van der Waals surface area contributed by atoms with Crippen molar-refractivity contribution in [3.8, 4) is 0 Å². The van der Waals surface area contributed by atoms with Gasteiger partial charge in [-0.3, -0.25) is 0 Å². The highest BCUT2D eigenvalue weighted by molar-refractivity contribution is 6.18. The van der Waals surface area contributed by atoms with Crippen molar-refractivity contribution in [1.82, 2.24) is 0 Å². The summed E-state index contributed by atoms with van der Waals surface area (Å²) in [6.07, 6.45) is 6.27. The number of hydrogen-bond acceptors (Lipinski definition) is 5. The van der Waals surface area contributed by atoms with Crippen LogP contribution in [-0.2, 0) is 19.1 Å². The number of esters is 2. The van der Waals surface area contributed by atoms with Crippen LogP contribution in [0, 0.1) is 0 Å². The summed E-state index contributed by atoms with van der Waals surface area (Å²) in [4.78, 5) is 26.9. The smallest absolute Gasteiger partial charge is 0.348 e. The molecule has 2 saturated heterocycles. The van der Waals surface area contributed by atoms with Crippen LogP contribution in [0.5, 0.6) is 0 Å². The van der Waals surface area contributed by atoms with Gasteiger partial charge in [-0.15, -0.1) is 0 Å². The third-order valence-electron chi connectivity index (χ3n) is 4.72. The molecular weight excluding hydrogens is 318 g/mol. The number of ether oxygens (including phenoxy) is 2. The number of cyclic esters (lactones) is 2. The number of carbonyl (C=O) groups excluding carboxylic acids is 2. The van der Waals surface area contributed by atoms with Gasteiger partial charge in [-0.05, 0) is 43.0 Å². The summed E-state index contributed by atoms with van der Waals surface area (Å²) in [7, 11) is 0. The Labute approximate surface area is 148 Å². The monoisotopic (exact) mass is 343 g/mol. The van der Waals surface area contributed by atoms with Crippen LogP contribution in [0.25, 0.3) is 6.08 Å². The summed E-state index contributed by atoms with van der Waals surface area (Å²) in [6.45, 7) is 5.83. The van der Waals surface area contributed by atoms with Gasteiger partial charge >= 0.3 is 11.9 Å². The molecule has 0 amide bonds. The van der Waals surface area contributed by atoms with Crippen LogP contribution >= 0.6 is 0 Å². The van der Waals surface area contributed by atoms with E-state index >= 15 is 0 Å². The minimum Gasteiger partial charge on any atom is -0.419 e. The van der Waals surface area contributed by atoms with Gasteiger partial charge in [0.05, 0.1) is 0 Å². The van der Waals surface area contributed by atoms with E-state index in [2.05, 4.69) is 4.90 Å². The Morgan fingerprint density at radius 1 is 1.08 bits per heavy atom. The summed E-state index contributed by atoms with van der Waals surface area (Å²) in [5.41, 5.74) is 1.90. The van der Waals surface area contributed by atoms with Gasteiger partial charge in [0.1, 0.15) is 5.57 Å². The quantitative estimate of drug-likeness (QED) is 0.464. The van der Waals surface area contributed by atoms with Crippen molar-refractivity contribution in [1.29, 1.82) is 0 Å². The van der Waals surface area contributed by atoms with Crippen molar-refractivity contribution in [2.75, 3.05) is 18.0 Å². The molecule has 2 heterocycles. The molecule has 134 valence electrons. The van der Waals surface area contributed by atoms with Crippen molar-refractivity contribution >= 4 is 23.7 Å². The van der Waals surface area contributed by atoms with Gasteiger partial charge < -0.3 is 14.4 Å². The number of anilines is 1. The molecule has 0 bridgehead atoms. The second-order valence-electron chi connectivity index (χ2n) is 6.86. The molecular formula is C20H25NO4. The molecule has 0 aromatic heterocycles. The fraction of sp³-hybridized carbons (Fsp3) is 0.500. The Kier molecular flexibility index (Phi) is 5.11. The Bertz CT molecular complexity index is 651. The van der Waals surface area contributed by atoms with Gasteiger partial charge in [-0.2, -0.15) is 0 Å². The molecule has 0 atom stereocenters. The number of benzene rings is 1. The standard InChI is InChI=1S/C20H25NO4/c1-3-4-11-20(2)24-18(22)17(19(23)25-20)14-15-7-9-16(10-8-15)21-12-5-6-13-21/h7-10,14H,3-6,11-13H2,1-2H3. The normalized spacial score (nSPS) is 23.4. The lowest BCUT2D eigenvalue weighted by atomic mass is 10.1. The molecule has 0 spiro atoms. The van der Waals surface area contributed by atoms with E-state index in [9.17, 15) is 9.59 Å². The highest BCUT2D eigenvalue weighted by Gasteiger charge is 2.41. The Morgan fingerprint density at radius 2 is 1.68 bits per heavy atom. The molecule has 5 heteroatoms. The maximum Gasteiger partial charge on any atom is 0.348 e. The molecule has 2 aliphatic heterocycles. The number of hydrogen-bond donors (Lipinski definition) is 0. The molecule has 1 aromatic rings. The first-order chi connectivity index (χ1) is 12.0. The molecule has 0 unspecified atom stereocenters. The fourth-order valence-electron chi connectivity index (χ4n) is 3.25. The van der Waals surface area contributed by atoms with Crippen molar-refractivity contribution in [3.63, 3.8) is 0 Å². The van der Waals surface area contributed by atoms with Crippen LogP contribution in [-0.4, -0.2) is 30.8 Å². The summed E-state index contributed by atoms with van der Waals surface area (Å²) < 4.78 is 10.8. The van der Waals surface area contributed by atoms with Gasteiger partial charge in [0.2, 0.25) is 0 Å². The van der Waals surface area contributed by atoms with E-state index in [0.717, 1.165) is 31.5 Å².